The average molecular weight is 273 g/mol. The van der Waals surface area contributed by atoms with Gasteiger partial charge in [-0.25, -0.2) is 4.98 Å². The van der Waals surface area contributed by atoms with Gasteiger partial charge in [-0.3, -0.25) is 4.79 Å². The molecule has 0 atom stereocenters. The molecule has 106 valence electrons. The van der Waals surface area contributed by atoms with Crippen molar-refractivity contribution in [1.82, 2.24) is 9.97 Å². The number of amidine groups is 1. The zero-order valence-electron chi connectivity index (χ0n) is 12.0. The van der Waals surface area contributed by atoms with Crippen LogP contribution in [-0.4, -0.2) is 21.7 Å². The number of rotatable bonds is 3. The Bertz CT molecular complexity index is 573. The van der Waals surface area contributed by atoms with Crippen molar-refractivity contribution in [1.29, 1.82) is 5.26 Å². The van der Waals surface area contributed by atoms with Crippen molar-refractivity contribution in [2.45, 2.75) is 33.6 Å². The molecule has 0 bridgehead atoms. The number of amides is 1. The minimum Gasteiger partial charge on any atom is -0.384 e. The number of allylic oxidation sites excluding steroid dienone is 1. The molecule has 1 aromatic heterocycles. The zero-order chi connectivity index (χ0) is 15.1. The molecular weight excluding hydrogens is 254 g/mol. The SMILES string of the molecule is C/C(=C/C(N)=NC(=O)C1CC1)c1ncc(C#N)[nH]1.CC. The molecule has 0 unspecified atom stereocenters. The topological polar surface area (TPSA) is 108 Å². The Hall–Kier alpha value is -2.42. The molecule has 1 aliphatic carbocycles. The Morgan fingerprint density at radius 1 is 1.60 bits per heavy atom. The van der Waals surface area contributed by atoms with Gasteiger partial charge in [-0.1, -0.05) is 13.8 Å². The highest BCUT2D eigenvalue weighted by atomic mass is 16.1. The smallest absolute Gasteiger partial charge is 0.250 e. The van der Waals surface area contributed by atoms with E-state index in [0.717, 1.165) is 18.4 Å². The minimum absolute atomic E-state index is 0.0612. The van der Waals surface area contributed by atoms with Crippen LogP contribution in [0.3, 0.4) is 0 Å². The Morgan fingerprint density at radius 2 is 2.25 bits per heavy atom. The van der Waals surface area contributed by atoms with E-state index in [2.05, 4.69) is 15.0 Å². The van der Waals surface area contributed by atoms with Crippen molar-refractivity contribution in [2.75, 3.05) is 0 Å². The molecule has 6 heteroatoms. The van der Waals surface area contributed by atoms with E-state index in [1.807, 2.05) is 19.9 Å². The largest absolute Gasteiger partial charge is 0.384 e. The number of nitrogens with zero attached hydrogens (tertiary/aromatic N) is 3. The molecule has 0 aliphatic heterocycles. The van der Waals surface area contributed by atoms with Crippen LogP contribution < -0.4 is 5.73 Å². The minimum atomic E-state index is -0.159. The van der Waals surface area contributed by atoms with Gasteiger partial charge in [0.15, 0.2) is 0 Å². The molecule has 1 fully saturated rings. The van der Waals surface area contributed by atoms with Crippen molar-refractivity contribution in [3.8, 4) is 6.07 Å². The number of imidazole rings is 1. The zero-order valence-corrected chi connectivity index (χ0v) is 12.0. The lowest BCUT2D eigenvalue weighted by Crippen LogP contribution is -2.12. The number of nitrogens with one attached hydrogen (secondary N) is 1. The lowest BCUT2D eigenvalue weighted by atomic mass is 10.2. The van der Waals surface area contributed by atoms with E-state index in [4.69, 9.17) is 11.0 Å². The fourth-order valence-corrected chi connectivity index (χ4v) is 1.45. The summed E-state index contributed by atoms with van der Waals surface area (Å²) in [6.07, 6.45) is 4.82. The molecule has 6 nitrogen and oxygen atoms in total. The maximum absolute atomic E-state index is 11.4. The summed E-state index contributed by atoms with van der Waals surface area (Å²) in [4.78, 5) is 22.1. The molecule has 0 saturated heterocycles. The van der Waals surface area contributed by atoms with Gasteiger partial charge in [0.25, 0.3) is 5.91 Å². The summed E-state index contributed by atoms with van der Waals surface area (Å²) >= 11 is 0. The van der Waals surface area contributed by atoms with Crippen LogP contribution in [0.2, 0.25) is 0 Å². The van der Waals surface area contributed by atoms with Crippen molar-refractivity contribution < 1.29 is 4.79 Å². The first-order valence-corrected chi connectivity index (χ1v) is 6.62. The number of H-pyrrole nitrogens is 1. The third-order valence-corrected chi connectivity index (χ3v) is 2.60. The van der Waals surface area contributed by atoms with Crippen LogP contribution in [0.25, 0.3) is 5.57 Å². The van der Waals surface area contributed by atoms with Crippen molar-refractivity contribution in [3.05, 3.63) is 23.8 Å². The van der Waals surface area contributed by atoms with Crippen LogP contribution in [0, 0.1) is 17.2 Å². The molecule has 1 aromatic rings. The van der Waals surface area contributed by atoms with E-state index >= 15 is 0 Å². The molecule has 20 heavy (non-hydrogen) atoms. The Balaban J connectivity index is 0.000000956. The summed E-state index contributed by atoms with van der Waals surface area (Å²) in [6, 6.07) is 1.95. The lowest BCUT2D eigenvalue weighted by molar-refractivity contribution is -0.118. The molecule has 1 amide bonds. The number of hydrogen-bond donors (Lipinski definition) is 2. The molecule has 0 aromatic carbocycles. The number of nitrogens with two attached hydrogens (primary N) is 1. The molecule has 3 N–H and O–H groups in total. The number of aliphatic imine (C=N–C) groups is 1. The van der Waals surface area contributed by atoms with Crippen molar-refractivity contribution >= 4 is 17.3 Å². The van der Waals surface area contributed by atoms with Gasteiger partial charge < -0.3 is 10.7 Å². The van der Waals surface area contributed by atoms with Gasteiger partial charge in [-0.2, -0.15) is 10.3 Å². The highest BCUT2D eigenvalue weighted by Gasteiger charge is 2.29. The third-order valence-electron chi connectivity index (χ3n) is 2.60. The molecule has 0 spiro atoms. The van der Waals surface area contributed by atoms with Gasteiger partial charge in [0.05, 0.1) is 6.20 Å². The normalized spacial score (nSPS) is 15.1. The monoisotopic (exact) mass is 273 g/mol. The molecule has 1 heterocycles. The summed E-state index contributed by atoms with van der Waals surface area (Å²) in [5.74, 6) is 0.614. The van der Waals surface area contributed by atoms with E-state index in [1.54, 1.807) is 13.0 Å². The Morgan fingerprint density at radius 3 is 2.75 bits per heavy atom. The Labute approximate surface area is 118 Å². The van der Waals surface area contributed by atoms with Crippen LogP contribution in [0.5, 0.6) is 0 Å². The standard InChI is InChI=1S/C12H13N5O.C2H6/c1-7(11-15-6-9(5-13)16-11)4-10(14)17-12(18)8-2-3-8;1-2/h4,6,8H,2-3H2,1H3,(H,15,16)(H2,14,17,18);1-2H3/b7-4-;. The number of carbonyl (C=O) groups excluding carboxylic acids is 1. The predicted molar refractivity (Wildman–Crippen MR) is 77.7 cm³/mol. The average Bonchev–Trinajstić information content (AvgIpc) is 3.18. The summed E-state index contributed by atoms with van der Waals surface area (Å²) in [6.45, 7) is 5.78. The number of aromatic amines is 1. The summed E-state index contributed by atoms with van der Waals surface area (Å²) in [5.41, 5.74) is 6.76. The van der Waals surface area contributed by atoms with E-state index < -0.39 is 0 Å². The first kappa shape index (κ1) is 15.6. The molecule has 2 rings (SSSR count). The fraction of sp³-hybridized carbons (Fsp3) is 0.429. The molecular formula is C14H19N5O. The second kappa shape index (κ2) is 7.24. The van der Waals surface area contributed by atoms with Crippen LogP contribution in [0.1, 0.15) is 45.1 Å². The fourth-order valence-electron chi connectivity index (χ4n) is 1.45. The number of nitriles is 1. The third kappa shape index (κ3) is 4.35. The van der Waals surface area contributed by atoms with E-state index in [-0.39, 0.29) is 17.7 Å². The number of aromatic nitrogens is 2. The van der Waals surface area contributed by atoms with Gasteiger partial charge in [-0.05, 0) is 31.4 Å². The van der Waals surface area contributed by atoms with Gasteiger partial charge >= 0.3 is 0 Å². The molecule has 1 saturated carbocycles. The Kier molecular flexibility index (Phi) is 5.66. The van der Waals surface area contributed by atoms with Gasteiger partial charge in [-0.15, -0.1) is 0 Å². The predicted octanol–water partition coefficient (Wildman–Crippen LogP) is 2.00. The second-order valence-corrected chi connectivity index (χ2v) is 4.23. The van der Waals surface area contributed by atoms with E-state index in [9.17, 15) is 4.79 Å². The lowest BCUT2D eigenvalue weighted by Gasteiger charge is -1.97. The van der Waals surface area contributed by atoms with Crippen LogP contribution in [-0.2, 0) is 4.79 Å². The molecule has 0 radical (unpaired) electrons. The summed E-state index contributed by atoms with van der Waals surface area (Å²) < 4.78 is 0. The van der Waals surface area contributed by atoms with Crippen LogP contribution in [0.4, 0.5) is 0 Å². The number of carbonyl (C=O) groups is 1. The van der Waals surface area contributed by atoms with Crippen LogP contribution >= 0.6 is 0 Å². The van der Waals surface area contributed by atoms with Crippen molar-refractivity contribution in [3.63, 3.8) is 0 Å². The van der Waals surface area contributed by atoms with Gasteiger partial charge in [0, 0.05) is 5.92 Å². The number of hydrogen-bond acceptors (Lipinski definition) is 3. The van der Waals surface area contributed by atoms with E-state index in [0.29, 0.717) is 11.5 Å². The summed E-state index contributed by atoms with van der Waals surface area (Å²) in [5, 5.41) is 8.67. The first-order chi connectivity index (χ1) is 9.60. The van der Waals surface area contributed by atoms with Crippen LogP contribution in [0.15, 0.2) is 17.3 Å². The molecule has 1 aliphatic rings. The van der Waals surface area contributed by atoms with Crippen molar-refractivity contribution in [2.24, 2.45) is 16.6 Å². The van der Waals surface area contributed by atoms with Gasteiger partial charge in [0.1, 0.15) is 23.4 Å². The maximum atomic E-state index is 11.4. The van der Waals surface area contributed by atoms with E-state index in [1.165, 1.54) is 6.20 Å². The van der Waals surface area contributed by atoms with Gasteiger partial charge in [0.2, 0.25) is 0 Å². The quantitative estimate of drug-likeness (QED) is 0.648. The second-order valence-electron chi connectivity index (χ2n) is 4.23. The maximum Gasteiger partial charge on any atom is 0.250 e. The summed E-state index contributed by atoms with van der Waals surface area (Å²) in [7, 11) is 0. The highest BCUT2D eigenvalue weighted by molar-refractivity contribution is 6.04. The first-order valence-electron chi connectivity index (χ1n) is 6.62. The highest BCUT2D eigenvalue weighted by Crippen LogP contribution is 2.30.